The van der Waals surface area contributed by atoms with Crippen LogP contribution in [0.1, 0.15) is 39.8 Å². The number of carbonyl (C=O) groups is 1. The molecule has 2 heterocycles. The summed E-state index contributed by atoms with van der Waals surface area (Å²) in [5.74, 6) is -0.524. The van der Waals surface area contributed by atoms with Crippen LogP contribution in [0.5, 0.6) is 5.75 Å². The van der Waals surface area contributed by atoms with Crippen LogP contribution in [0.2, 0.25) is 5.02 Å². The molecule has 4 N–H and O–H groups in total. The van der Waals surface area contributed by atoms with E-state index in [0.717, 1.165) is 6.42 Å². The minimum Gasteiger partial charge on any atom is -0.465 e. The van der Waals surface area contributed by atoms with Crippen molar-refractivity contribution in [3.63, 3.8) is 0 Å². The molecule has 0 bridgehead atoms. The topological polar surface area (TPSA) is 161 Å². The van der Waals surface area contributed by atoms with Crippen LogP contribution in [0, 0.1) is 4.77 Å². The van der Waals surface area contributed by atoms with Crippen LogP contribution < -0.4 is 15.2 Å². The first-order valence-electron chi connectivity index (χ1n) is 11.9. The number of rotatable bonds is 12. The molecule has 0 saturated carbocycles. The van der Waals surface area contributed by atoms with Crippen LogP contribution >= 0.6 is 31.6 Å². The fourth-order valence-corrected chi connectivity index (χ4v) is 5.50. The van der Waals surface area contributed by atoms with Gasteiger partial charge in [-0.3, -0.25) is 23.7 Å². The van der Waals surface area contributed by atoms with E-state index in [1.165, 1.54) is 54.9 Å². The van der Waals surface area contributed by atoms with Gasteiger partial charge in [0.25, 0.3) is 5.56 Å². The molecular formula is C23H31ClN3O9PS. The third-order valence-electron chi connectivity index (χ3n) is 5.75. The van der Waals surface area contributed by atoms with E-state index in [1.807, 2.05) is 6.92 Å². The van der Waals surface area contributed by atoms with Gasteiger partial charge in [-0.15, -0.1) is 0 Å². The zero-order valence-electron chi connectivity index (χ0n) is 21.0. The van der Waals surface area contributed by atoms with Gasteiger partial charge in [0.05, 0.1) is 13.2 Å². The number of aliphatic hydroxyl groups excluding tert-OH is 1. The minimum absolute atomic E-state index is 0.0367. The lowest BCUT2D eigenvalue weighted by molar-refractivity contribution is -0.145. The van der Waals surface area contributed by atoms with Gasteiger partial charge in [-0.1, -0.05) is 24.9 Å². The molecule has 1 aliphatic rings. The van der Waals surface area contributed by atoms with Crippen molar-refractivity contribution in [3.8, 4) is 5.75 Å². The van der Waals surface area contributed by atoms with Crippen LogP contribution in [-0.2, 0) is 23.4 Å². The molecule has 12 nitrogen and oxygen atoms in total. The number of halogens is 1. The van der Waals surface area contributed by atoms with Gasteiger partial charge in [0, 0.05) is 17.3 Å². The number of aliphatic hydroxyl groups is 2. The zero-order chi connectivity index (χ0) is 28.1. The maximum absolute atomic E-state index is 13.7. The van der Waals surface area contributed by atoms with Gasteiger partial charge in [0.15, 0.2) is 11.0 Å². The lowest BCUT2D eigenvalue weighted by atomic mass is 9.96. The predicted octanol–water partition coefficient (Wildman–Crippen LogP) is 3.09. The Hall–Kier alpha value is -2.09. The van der Waals surface area contributed by atoms with Crippen molar-refractivity contribution < 1.29 is 38.1 Å². The molecule has 1 aromatic heterocycles. The third-order valence-corrected chi connectivity index (χ3v) is 7.96. The van der Waals surface area contributed by atoms with Crippen molar-refractivity contribution in [2.75, 3.05) is 13.2 Å². The van der Waals surface area contributed by atoms with E-state index < -0.39 is 56.0 Å². The Labute approximate surface area is 229 Å². The summed E-state index contributed by atoms with van der Waals surface area (Å²) in [7, 11) is -4.28. The maximum atomic E-state index is 13.7. The summed E-state index contributed by atoms with van der Waals surface area (Å²) in [4.78, 5) is 26.3. The van der Waals surface area contributed by atoms with E-state index >= 15 is 0 Å². The molecule has 2 unspecified atom stereocenters. The molecule has 0 spiro atoms. The summed E-state index contributed by atoms with van der Waals surface area (Å²) in [5.41, 5.74) is -2.31. The molecule has 1 aliphatic heterocycles. The summed E-state index contributed by atoms with van der Waals surface area (Å²) >= 11 is 11.1. The molecule has 1 fully saturated rings. The molecule has 0 radical (unpaired) electrons. The number of benzene rings is 1. The second kappa shape index (κ2) is 12.8. The first-order chi connectivity index (χ1) is 17.9. The Balaban J connectivity index is 1.78. The van der Waals surface area contributed by atoms with E-state index in [2.05, 4.69) is 10.1 Å². The highest BCUT2D eigenvalue weighted by atomic mass is 35.5. The number of ether oxygens (including phenoxy) is 2. The number of aromatic nitrogens is 2. The summed E-state index contributed by atoms with van der Waals surface area (Å²) in [6.45, 7) is 4.40. The Morgan fingerprint density at radius 2 is 2.05 bits per heavy atom. The Kier molecular flexibility index (Phi) is 10.3. The number of hydrogen-bond acceptors (Lipinski definition) is 10. The number of esters is 1. The Bertz CT molecular complexity index is 1270. The molecule has 1 saturated heterocycles. The average molecular weight is 592 g/mol. The van der Waals surface area contributed by atoms with Gasteiger partial charge in [-0.2, -0.15) is 5.09 Å². The van der Waals surface area contributed by atoms with Crippen molar-refractivity contribution in [1.82, 2.24) is 14.6 Å². The summed E-state index contributed by atoms with van der Waals surface area (Å²) < 4.78 is 37.1. The number of nitrogens with zero attached hydrogens (tertiary/aromatic N) is 1. The molecule has 15 heteroatoms. The molecule has 6 atom stereocenters. The second-order valence-electron chi connectivity index (χ2n) is 8.93. The highest BCUT2D eigenvalue weighted by Gasteiger charge is 2.53. The number of nitrogens with one attached hydrogen (secondary N) is 2. The quantitative estimate of drug-likeness (QED) is 0.124. The molecule has 1 aromatic carbocycles. The molecular weight excluding hydrogens is 561 g/mol. The van der Waals surface area contributed by atoms with Crippen molar-refractivity contribution in [1.29, 1.82) is 0 Å². The fraction of sp³-hybridized carbons (Fsp3) is 0.522. The lowest BCUT2D eigenvalue weighted by Gasteiger charge is -2.28. The van der Waals surface area contributed by atoms with Gasteiger partial charge in [-0.05, 0) is 56.8 Å². The molecule has 0 amide bonds. The normalized spacial score (nSPS) is 25.5. The maximum Gasteiger partial charge on any atom is 0.459 e. The van der Waals surface area contributed by atoms with Crippen LogP contribution in [0.4, 0.5) is 0 Å². The number of carbonyl (C=O) groups excluding carboxylic acids is 1. The molecule has 38 heavy (non-hydrogen) atoms. The van der Waals surface area contributed by atoms with Crippen molar-refractivity contribution in [2.24, 2.45) is 0 Å². The number of hydrogen-bond donors (Lipinski definition) is 4. The van der Waals surface area contributed by atoms with Gasteiger partial charge in [0.1, 0.15) is 29.6 Å². The molecule has 2 aromatic rings. The summed E-state index contributed by atoms with van der Waals surface area (Å²) in [5, 5.41) is 24.7. The lowest BCUT2D eigenvalue weighted by Crippen LogP contribution is -2.45. The fourth-order valence-electron chi connectivity index (χ4n) is 3.62. The summed E-state index contributed by atoms with van der Waals surface area (Å²) in [6.07, 6.45) is -1.09. The monoisotopic (exact) mass is 591 g/mol. The predicted molar refractivity (Wildman–Crippen MR) is 141 cm³/mol. The highest BCUT2D eigenvalue weighted by molar-refractivity contribution is 7.71. The van der Waals surface area contributed by atoms with E-state index in [-0.39, 0.29) is 17.1 Å². The third kappa shape index (κ3) is 7.51. The number of unbranched alkanes of at least 4 members (excludes halogenated alkanes) is 1. The average Bonchev–Trinajstić information content (AvgIpc) is 3.08. The van der Waals surface area contributed by atoms with Gasteiger partial charge < -0.3 is 24.2 Å². The number of H-pyrrole nitrogens is 1. The van der Waals surface area contributed by atoms with E-state index in [4.69, 9.17) is 42.3 Å². The van der Waals surface area contributed by atoms with Crippen LogP contribution in [0.3, 0.4) is 0 Å². The molecule has 210 valence electrons. The first-order valence-corrected chi connectivity index (χ1v) is 14.2. The molecule has 0 aliphatic carbocycles. The van der Waals surface area contributed by atoms with Crippen molar-refractivity contribution in [3.05, 3.63) is 56.7 Å². The standard InChI is InChI=1S/C23H31ClN3O9PS/c1-4-5-12-33-20(30)14(2)26-37(32,36-16-8-6-15(24)7-9-16)34-13-17-19(29)23(3,31)21(35-17)27-11-10-18(28)25-22(27)38/h6-11,14,17,19,21,29,31H,4-5,12-13H2,1-3H3,(H,26,32)(H,25,28,38)/t14-,17+,19-,21+,23?,37?/m0/s1. The van der Waals surface area contributed by atoms with Crippen molar-refractivity contribution >= 4 is 37.5 Å². The largest absolute Gasteiger partial charge is 0.465 e. The van der Waals surface area contributed by atoms with Crippen LogP contribution in [0.25, 0.3) is 0 Å². The second-order valence-corrected chi connectivity index (χ2v) is 11.4. The van der Waals surface area contributed by atoms with Gasteiger partial charge in [0.2, 0.25) is 0 Å². The van der Waals surface area contributed by atoms with Crippen molar-refractivity contribution in [2.45, 2.75) is 63.7 Å². The smallest absolute Gasteiger partial charge is 0.459 e. The Morgan fingerprint density at radius 3 is 2.68 bits per heavy atom. The SMILES string of the molecule is CCCCOC(=O)[C@H](C)NP(=O)(OC[C@H]1O[C@@H](n2ccc(=O)[nH]c2=S)C(C)(O)[C@H]1O)Oc1ccc(Cl)cc1. The van der Waals surface area contributed by atoms with Gasteiger partial charge in [-0.25, -0.2) is 4.57 Å². The minimum atomic E-state index is -4.28. The highest BCUT2D eigenvalue weighted by Crippen LogP contribution is 2.47. The van der Waals surface area contributed by atoms with Crippen LogP contribution in [0.15, 0.2) is 41.3 Å². The van der Waals surface area contributed by atoms with E-state index in [9.17, 15) is 24.4 Å². The van der Waals surface area contributed by atoms with Crippen LogP contribution in [-0.4, -0.2) is 62.8 Å². The van der Waals surface area contributed by atoms with E-state index in [1.54, 1.807) is 0 Å². The zero-order valence-corrected chi connectivity index (χ0v) is 23.5. The number of aromatic amines is 1. The van der Waals surface area contributed by atoms with E-state index in [0.29, 0.717) is 11.4 Å². The first kappa shape index (κ1) is 30.5. The Morgan fingerprint density at radius 1 is 1.37 bits per heavy atom. The summed E-state index contributed by atoms with van der Waals surface area (Å²) in [6, 6.07) is 6.07. The molecule has 3 rings (SSSR count). The van der Waals surface area contributed by atoms with Gasteiger partial charge >= 0.3 is 13.7 Å².